The number of nitro benzene ring substituents is 1. The summed E-state index contributed by atoms with van der Waals surface area (Å²) in [5, 5.41) is 9.09. The summed E-state index contributed by atoms with van der Waals surface area (Å²) in [6.45, 7) is 1.70. The van der Waals surface area contributed by atoms with Crippen LogP contribution >= 0.6 is 50.5 Å². The van der Waals surface area contributed by atoms with Crippen molar-refractivity contribution in [1.82, 2.24) is 4.98 Å². The molecule has 0 spiro atoms. The Kier molecular flexibility index (Phi) is 6.05. The average molecular weight is 376 g/mol. The van der Waals surface area contributed by atoms with Crippen molar-refractivity contribution in [2.24, 2.45) is 0 Å². The normalized spacial score (nSPS) is 10.8. The minimum Gasteiger partial charge on any atom is -0.271 e. The lowest BCUT2D eigenvalue weighted by atomic mass is 10.1. The number of benzene rings is 1. The van der Waals surface area contributed by atoms with Gasteiger partial charge in [0.25, 0.3) is 5.69 Å². The number of nitrogens with zero attached hydrogens (tertiary/aromatic N) is 2. The third-order valence-corrected chi connectivity index (χ3v) is 2.55. The van der Waals surface area contributed by atoms with E-state index in [4.69, 9.17) is 11.6 Å². The Labute approximate surface area is 133 Å². The Morgan fingerprint density at radius 2 is 1.75 bits per heavy atom. The number of hydrogen-bond acceptors (Lipinski definition) is 4. The molecule has 5 nitrogen and oxygen atoms in total. The highest BCUT2D eigenvalue weighted by atomic mass is 36.0. The lowest BCUT2D eigenvalue weighted by Crippen LogP contribution is -1.93. The zero-order chi connectivity index (χ0) is 15.5. The van der Waals surface area contributed by atoms with Crippen molar-refractivity contribution in [3.8, 4) is 0 Å². The molecule has 1 heterocycles. The smallest absolute Gasteiger partial charge is 0.271 e. The van der Waals surface area contributed by atoms with Gasteiger partial charge in [0.1, 0.15) is 5.15 Å². The van der Waals surface area contributed by atoms with Crippen molar-refractivity contribution in [2.45, 2.75) is 6.92 Å². The molecule has 0 bridgehead atoms. The van der Waals surface area contributed by atoms with E-state index in [1.54, 1.807) is 25.1 Å². The highest BCUT2D eigenvalue weighted by molar-refractivity contribution is 8.24. The Bertz CT molecular complexity index is 696. The third kappa shape index (κ3) is 5.08. The third-order valence-electron chi connectivity index (χ3n) is 2.25. The maximum absolute atomic E-state index is 10.9. The molecule has 2 aromatic rings. The first-order chi connectivity index (χ1) is 9.11. The minimum absolute atomic E-state index is 0.0943. The van der Waals surface area contributed by atoms with Crippen LogP contribution in [-0.2, 0) is 4.57 Å². The van der Waals surface area contributed by atoms with Crippen LogP contribution in [0.2, 0.25) is 5.15 Å². The average Bonchev–Trinajstić information content (AvgIpc) is 2.26. The topological polar surface area (TPSA) is 73.1 Å². The van der Waals surface area contributed by atoms with Crippen molar-refractivity contribution in [2.75, 3.05) is 0 Å². The summed E-state index contributed by atoms with van der Waals surface area (Å²) in [5.41, 5.74) is 0.714. The zero-order valence-electron chi connectivity index (χ0n) is 9.89. The second-order valence-corrected chi connectivity index (χ2v) is 10.6. The van der Waals surface area contributed by atoms with Crippen molar-refractivity contribution in [3.05, 3.63) is 45.2 Å². The van der Waals surface area contributed by atoms with Gasteiger partial charge in [-0.2, -0.15) is 0 Å². The van der Waals surface area contributed by atoms with E-state index in [0.29, 0.717) is 16.3 Å². The monoisotopic (exact) mass is 374 g/mol. The summed E-state index contributed by atoms with van der Waals surface area (Å²) in [7, 11) is 0. The van der Waals surface area contributed by atoms with Crippen molar-refractivity contribution in [3.63, 3.8) is 0 Å². The summed E-state index contributed by atoms with van der Waals surface area (Å²) >= 11 is 19.7. The number of nitro groups is 1. The van der Waals surface area contributed by atoms with E-state index in [1.807, 2.05) is 0 Å². The second-order valence-electron chi connectivity index (χ2n) is 3.58. The van der Waals surface area contributed by atoms with Gasteiger partial charge in [-0.15, -0.1) is 0 Å². The molecule has 1 aromatic carbocycles. The maximum atomic E-state index is 10.9. The predicted molar refractivity (Wildman–Crippen MR) is 83.3 cm³/mol. The number of halogens is 4. The van der Waals surface area contributed by atoms with Crippen LogP contribution in [0.5, 0.6) is 0 Å². The number of aromatic nitrogens is 1. The van der Waals surface area contributed by atoms with Crippen LogP contribution in [0.4, 0.5) is 5.69 Å². The largest absolute Gasteiger partial charge is 0.339 e. The van der Waals surface area contributed by atoms with E-state index in [1.165, 1.54) is 6.20 Å². The van der Waals surface area contributed by atoms with Crippen molar-refractivity contribution in [1.29, 1.82) is 0 Å². The number of pyridine rings is 1. The molecule has 0 aliphatic carbocycles. The first-order valence-corrected chi connectivity index (χ1v) is 9.78. The second kappa shape index (κ2) is 6.92. The maximum Gasteiger partial charge on any atom is 0.339 e. The first-order valence-electron chi connectivity index (χ1n) is 4.98. The van der Waals surface area contributed by atoms with E-state index < -0.39 is 10.1 Å². The Hall–Kier alpha value is -0.580. The Morgan fingerprint density at radius 3 is 2.25 bits per heavy atom. The van der Waals surface area contributed by atoms with Crippen LogP contribution in [0, 0.1) is 17.0 Å². The standard InChI is InChI=1S/C10H7ClN2O2.Cl3OP/c1-6-2-3-8-7(9(6)13(14)15)4-5-12-10(8)11;1-5(2,3)4/h2-5H,1H3;. The summed E-state index contributed by atoms with van der Waals surface area (Å²) in [6.07, 6.45) is 1.47. The molecule has 20 heavy (non-hydrogen) atoms. The van der Waals surface area contributed by atoms with Gasteiger partial charge in [0.15, 0.2) is 0 Å². The summed E-state index contributed by atoms with van der Waals surface area (Å²) < 4.78 is 9.51. The summed E-state index contributed by atoms with van der Waals surface area (Å²) in [6, 6.07) is 5.02. The molecule has 1 aromatic heterocycles. The lowest BCUT2D eigenvalue weighted by molar-refractivity contribution is -0.383. The van der Waals surface area contributed by atoms with Gasteiger partial charge in [0, 0.05) is 17.1 Å². The Balaban J connectivity index is 0.000000347. The minimum atomic E-state index is -3.22. The predicted octanol–water partition coefficient (Wildman–Crippen LogP) is 5.92. The molecule has 0 atom stereocenters. The number of fused-ring (bicyclic) bond motifs is 1. The molecule has 0 saturated heterocycles. The van der Waals surface area contributed by atoms with Gasteiger partial charge in [-0.25, -0.2) is 4.98 Å². The highest BCUT2D eigenvalue weighted by Crippen LogP contribution is 2.61. The summed E-state index contributed by atoms with van der Waals surface area (Å²) in [5.74, 6) is 0. The van der Waals surface area contributed by atoms with E-state index in [-0.39, 0.29) is 10.8 Å². The highest BCUT2D eigenvalue weighted by Gasteiger charge is 2.16. The fraction of sp³-hybridized carbons (Fsp3) is 0.100. The van der Waals surface area contributed by atoms with Gasteiger partial charge in [0.2, 0.25) is 0 Å². The SMILES string of the molecule is Cc1ccc2c(Cl)nccc2c1[N+](=O)[O-].O=P(Cl)(Cl)Cl. The van der Waals surface area contributed by atoms with Gasteiger partial charge < -0.3 is 0 Å². The molecule has 0 fully saturated rings. The molecule has 0 aliphatic rings. The van der Waals surface area contributed by atoms with Crippen LogP contribution in [0.3, 0.4) is 0 Å². The van der Waals surface area contributed by atoms with Crippen LogP contribution in [0.15, 0.2) is 24.4 Å². The molecule has 0 saturated carbocycles. The Morgan fingerprint density at radius 1 is 1.20 bits per heavy atom. The number of hydrogen-bond donors (Lipinski definition) is 0. The fourth-order valence-electron chi connectivity index (χ4n) is 1.55. The summed E-state index contributed by atoms with van der Waals surface area (Å²) in [4.78, 5) is 14.4. The van der Waals surface area contributed by atoms with Crippen LogP contribution < -0.4 is 0 Å². The molecule has 0 radical (unpaired) electrons. The van der Waals surface area contributed by atoms with E-state index in [9.17, 15) is 14.7 Å². The van der Waals surface area contributed by atoms with Gasteiger partial charge >= 0.3 is 5.20 Å². The molecule has 0 aliphatic heterocycles. The number of aryl methyl sites for hydroxylation is 1. The van der Waals surface area contributed by atoms with Gasteiger partial charge in [-0.1, -0.05) is 23.7 Å². The van der Waals surface area contributed by atoms with Gasteiger partial charge in [0.05, 0.1) is 10.3 Å². The molecule has 10 heteroatoms. The van der Waals surface area contributed by atoms with Gasteiger partial charge in [-0.05, 0) is 46.7 Å². The molecular weight excluding hydrogens is 369 g/mol. The van der Waals surface area contributed by atoms with E-state index >= 15 is 0 Å². The first kappa shape index (κ1) is 17.5. The van der Waals surface area contributed by atoms with Crippen molar-refractivity contribution < 1.29 is 9.49 Å². The van der Waals surface area contributed by atoms with Crippen LogP contribution in [0.25, 0.3) is 10.8 Å². The van der Waals surface area contributed by atoms with Crippen molar-refractivity contribution >= 4 is 67.0 Å². The molecular formula is C10H7Cl4N2O3P. The molecule has 0 amide bonds. The molecule has 0 unspecified atom stereocenters. The van der Waals surface area contributed by atoms with Gasteiger partial charge in [-0.3, -0.25) is 14.7 Å². The molecule has 2 rings (SSSR count). The number of rotatable bonds is 1. The lowest BCUT2D eigenvalue weighted by Gasteiger charge is -2.02. The zero-order valence-corrected chi connectivity index (χ0v) is 13.8. The molecule has 0 N–H and O–H groups in total. The van der Waals surface area contributed by atoms with E-state index in [0.717, 1.165) is 0 Å². The van der Waals surface area contributed by atoms with Crippen LogP contribution in [0.1, 0.15) is 5.56 Å². The fourth-order valence-corrected chi connectivity index (χ4v) is 1.78. The van der Waals surface area contributed by atoms with E-state index in [2.05, 4.69) is 38.7 Å². The quantitative estimate of drug-likeness (QED) is 0.268. The molecule has 108 valence electrons. The van der Waals surface area contributed by atoms with Crippen LogP contribution in [-0.4, -0.2) is 9.91 Å².